The van der Waals surface area contributed by atoms with Gasteiger partial charge in [0.05, 0.1) is 22.4 Å². The van der Waals surface area contributed by atoms with Crippen LogP contribution in [-0.2, 0) is 10.5 Å². The molecule has 1 aromatic carbocycles. The van der Waals surface area contributed by atoms with Crippen molar-refractivity contribution in [2.24, 2.45) is 0 Å². The second-order valence-electron chi connectivity index (χ2n) is 3.88. The Morgan fingerprint density at radius 2 is 2.18 bits per heavy atom. The van der Waals surface area contributed by atoms with E-state index >= 15 is 0 Å². The molecule has 0 aliphatic rings. The first kappa shape index (κ1) is 14.2. The molecule has 0 aliphatic heterocycles. The van der Waals surface area contributed by atoms with Crippen LogP contribution in [0.25, 0.3) is 0 Å². The van der Waals surface area contributed by atoms with E-state index < -0.39 is 5.97 Å². The van der Waals surface area contributed by atoms with Crippen LogP contribution in [0.4, 0.5) is 5.69 Å². The number of carbonyl (C=O) groups is 1. The van der Waals surface area contributed by atoms with Crippen molar-refractivity contribution >= 4 is 35.0 Å². The van der Waals surface area contributed by atoms with Crippen molar-refractivity contribution in [3.8, 4) is 0 Å². The zero-order valence-electron chi connectivity index (χ0n) is 10.1. The van der Waals surface area contributed by atoms with Gasteiger partial charge in [0.1, 0.15) is 0 Å². The van der Waals surface area contributed by atoms with Crippen LogP contribution in [0, 0.1) is 0 Å². The minimum Gasteiger partial charge on any atom is -0.459 e. The van der Waals surface area contributed by atoms with E-state index in [1.165, 1.54) is 0 Å². The van der Waals surface area contributed by atoms with Crippen LogP contribution in [0.3, 0.4) is 0 Å². The Kier molecular flexibility index (Phi) is 5.15. The molecule has 3 nitrogen and oxygen atoms in total. The Hall–Kier alpha value is -0.870. The number of halogens is 1. The lowest BCUT2D eigenvalue weighted by atomic mass is 10.1. The first-order chi connectivity index (χ1) is 7.97. The highest BCUT2D eigenvalue weighted by Crippen LogP contribution is 2.29. The van der Waals surface area contributed by atoms with Crippen molar-refractivity contribution in [3.63, 3.8) is 0 Å². The number of carbonyl (C=O) groups excluding carboxylic acids is 1. The van der Waals surface area contributed by atoms with Gasteiger partial charge < -0.3 is 10.5 Å². The molecule has 0 fully saturated rings. The molecule has 17 heavy (non-hydrogen) atoms. The van der Waals surface area contributed by atoms with E-state index in [2.05, 4.69) is 0 Å². The first-order valence-corrected chi connectivity index (χ1v) is 7.01. The molecule has 0 aliphatic carbocycles. The van der Waals surface area contributed by atoms with Gasteiger partial charge in [-0.2, -0.15) is 11.8 Å². The number of anilines is 1. The van der Waals surface area contributed by atoms with Crippen LogP contribution in [0.5, 0.6) is 0 Å². The molecule has 0 bridgehead atoms. The Bertz CT molecular complexity index is 421. The number of thioether (sulfide) groups is 1. The highest BCUT2D eigenvalue weighted by molar-refractivity contribution is 7.97. The minimum atomic E-state index is -0.413. The summed E-state index contributed by atoms with van der Waals surface area (Å²) in [7, 11) is 0. The van der Waals surface area contributed by atoms with E-state index in [4.69, 9.17) is 22.1 Å². The van der Waals surface area contributed by atoms with Gasteiger partial charge in [-0.05, 0) is 31.7 Å². The summed E-state index contributed by atoms with van der Waals surface area (Å²) in [6.45, 7) is 3.60. The zero-order valence-corrected chi connectivity index (χ0v) is 11.7. The topological polar surface area (TPSA) is 52.3 Å². The third-order valence-electron chi connectivity index (χ3n) is 2.13. The molecular weight excluding hydrogens is 258 g/mol. The van der Waals surface area contributed by atoms with Gasteiger partial charge >= 0.3 is 5.97 Å². The molecule has 0 spiro atoms. The lowest BCUT2D eigenvalue weighted by molar-refractivity contribution is 0.0378. The highest BCUT2D eigenvalue weighted by Gasteiger charge is 2.19. The molecule has 0 amide bonds. The Morgan fingerprint density at radius 3 is 2.71 bits per heavy atom. The molecule has 1 rings (SSSR count). The molecular formula is C12H16ClNO2S. The average molecular weight is 274 g/mol. The van der Waals surface area contributed by atoms with Crippen molar-refractivity contribution in [2.45, 2.75) is 25.7 Å². The number of rotatable bonds is 4. The summed E-state index contributed by atoms with van der Waals surface area (Å²) < 4.78 is 5.17. The number of hydrogen-bond acceptors (Lipinski definition) is 4. The Labute approximate surface area is 111 Å². The molecule has 94 valence electrons. The summed E-state index contributed by atoms with van der Waals surface area (Å²) in [5.41, 5.74) is 7.38. The van der Waals surface area contributed by atoms with Gasteiger partial charge in [-0.1, -0.05) is 17.7 Å². The van der Waals surface area contributed by atoms with Crippen LogP contribution < -0.4 is 5.73 Å². The van der Waals surface area contributed by atoms with Gasteiger partial charge in [-0.3, -0.25) is 0 Å². The molecule has 5 heteroatoms. The molecule has 0 unspecified atom stereocenters. The summed E-state index contributed by atoms with van der Waals surface area (Å²) in [6, 6.07) is 3.51. The van der Waals surface area contributed by atoms with Crippen molar-refractivity contribution < 1.29 is 9.53 Å². The summed E-state index contributed by atoms with van der Waals surface area (Å²) in [5, 5.41) is 0.380. The largest absolute Gasteiger partial charge is 0.459 e. The second kappa shape index (κ2) is 6.17. The maximum atomic E-state index is 12.0. The van der Waals surface area contributed by atoms with E-state index in [9.17, 15) is 4.79 Å². The van der Waals surface area contributed by atoms with E-state index in [1.54, 1.807) is 31.7 Å². The molecule has 0 saturated carbocycles. The third kappa shape index (κ3) is 3.54. The standard InChI is InChI=1S/C12H16ClNO2S/c1-7(2)16-12(15)10-8(6-17-3)4-5-9(13)11(10)14/h4-5,7H,6,14H2,1-3H3. The first-order valence-electron chi connectivity index (χ1n) is 5.24. The van der Waals surface area contributed by atoms with Crippen molar-refractivity contribution in [1.82, 2.24) is 0 Å². The van der Waals surface area contributed by atoms with Crippen LogP contribution in [-0.4, -0.2) is 18.3 Å². The Morgan fingerprint density at radius 1 is 1.53 bits per heavy atom. The lowest BCUT2D eigenvalue weighted by Crippen LogP contribution is -2.15. The predicted octanol–water partition coefficient (Wildman–Crippen LogP) is 3.35. The van der Waals surface area contributed by atoms with Crippen LogP contribution in [0.15, 0.2) is 12.1 Å². The van der Waals surface area contributed by atoms with Gasteiger partial charge in [0.2, 0.25) is 0 Å². The molecule has 0 heterocycles. The van der Waals surface area contributed by atoms with Gasteiger partial charge in [0, 0.05) is 5.75 Å². The van der Waals surface area contributed by atoms with E-state index in [0.717, 1.165) is 5.56 Å². The number of ether oxygens (including phenoxy) is 1. The molecule has 1 aromatic rings. The molecule has 0 atom stereocenters. The number of esters is 1. The van der Waals surface area contributed by atoms with Gasteiger partial charge in [-0.25, -0.2) is 4.79 Å². The quantitative estimate of drug-likeness (QED) is 0.675. The van der Waals surface area contributed by atoms with Crippen LogP contribution >= 0.6 is 23.4 Å². The molecule has 0 radical (unpaired) electrons. The maximum absolute atomic E-state index is 12.0. The monoisotopic (exact) mass is 273 g/mol. The van der Waals surface area contributed by atoms with Gasteiger partial charge in [0.15, 0.2) is 0 Å². The van der Waals surface area contributed by atoms with E-state index in [1.807, 2.05) is 12.3 Å². The van der Waals surface area contributed by atoms with E-state index in [-0.39, 0.29) is 6.10 Å². The Balaban J connectivity index is 3.17. The molecule has 0 aromatic heterocycles. The van der Waals surface area contributed by atoms with Gasteiger partial charge in [-0.15, -0.1) is 0 Å². The van der Waals surface area contributed by atoms with Gasteiger partial charge in [0.25, 0.3) is 0 Å². The van der Waals surface area contributed by atoms with Crippen molar-refractivity contribution in [3.05, 3.63) is 28.3 Å². The molecule has 0 saturated heterocycles. The fourth-order valence-corrected chi connectivity index (χ4v) is 2.14. The van der Waals surface area contributed by atoms with Crippen LogP contribution in [0.1, 0.15) is 29.8 Å². The van der Waals surface area contributed by atoms with Crippen molar-refractivity contribution in [1.29, 1.82) is 0 Å². The van der Waals surface area contributed by atoms with Crippen molar-refractivity contribution in [2.75, 3.05) is 12.0 Å². The number of nitrogens with two attached hydrogens (primary N) is 1. The predicted molar refractivity (Wildman–Crippen MR) is 73.6 cm³/mol. The normalized spacial score (nSPS) is 10.6. The zero-order chi connectivity index (χ0) is 13.0. The summed E-state index contributed by atoms with van der Waals surface area (Å²) >= 11 is 7.54. The average Bonchev–Trinajstić information content (AvgIpc) is 2.23. The summed E-state index contributed by atoms with van der Waals surface area (Å²) in [4.78, 5) is 12.0. The van der Waals surface area contributed by atoms with Crippen LogP contribution in [0.2, 0.25) is 5.02 Å². The molecule has 2 N–H and O–H groups in total. The number of benzene rings is 1. The second-order valence-corrected chi connectivity index (χ2v) is 5.16. The highest BCUT2D eigenvalue weighted by atomic mass is 35.5. The fourth-order valence-electron chi connectivity index (χ4n) is 1.43. The summed E-state index contributed by atoms with van der Waals surface area (Å²) in [5.74, 6) is 0.285. The van der Waals surface area contributed by atoms with E-state index in [0.29, 0.717) is 22.0 Å². The minimum absolute atomic E-state index is 0.178. The lowest BCUT2D eigenvalue weighted by Gasteiger charge is -2.14. The smallest absolute Gasteiger partial charge is 0.340 e. The summed E-state index contributed by atoms with van der Waals surface area (Å²) in [6.07, 6.45) is 1.78. The maximum Gasteiger partial charge on any atom is 0.340 e. The third-order valence-corrected chi connectivity index (χ3v) is 3.05. The SMILES string of the molecule is CSCc1ccc(Cl)c(N)c1C(=O)OC(C)C. The number of hydrogen-bond donors (Lipinski definition) is 1. The fraction of sp³-hybridized carbons (Fsp3) is 0.417. The number of nitrogen functional groups attached to an aromatic ring is 1.